The fourth-order valence-corrected chi connectivity index (χ4v) is 3.37. The predicted molar refractivity (Wildman–Crippen MR) is 98.9 cm³/mol. The van der Waals surface area contributed by atoms with Crippen LogP contribution in [0.25, 0.3) is 0 Å². The van der Waals surface area contributed by atoms with Gasteiger partial charge in [-0.15, -0.1) is 0 Å². The number of ether oxygens (including phenoxy) is 1. The summed E-state index contributed by atoms with van der Waals surface area (Å²) in [6.07, 6.45) is 0. The highest BCUT2D eigenvalue weighted by Gasteiger charge is 2.21. The second-order valence-corrected chi connectivity index (χ2v) is 6.66. The number of anilines is 2. The SMILES string of the molecule is O=C(Nc1cccc(Cl)c1N1CCOCC1)c1cc(F)c(Cl)cc1Cl. The molecule has 1 heterocycles. The summed E-state index contributed by atoms with van der Waals surface area (Å²) in [4.78, 5) is 14.6. The van der Waals surface area contributed by atoms with Crippen LogP contribution in [-0.4, -0.2) is 32.2 Å². The summed E-state index contributed by atoms with van der Waals surface area (Å²) >= 11 is 18.0. The van der Waals surface area contributed by atoms with Crippen molar-refractivity contribution in [1.82, 2.24) is 0 Å². The Balaban J connectivity index is 1.91. The van der Waals surface area contributed by atoms with Crippen LogP contribution in [0.15, 0.2) is 30.3 Å². The minimum atomic E-state index is -0.712. The van der Waals surface area contributed by atoms with Crippen molar-refractivity contribution in [3.8, 4) is 0 Å². The summed E-state index contributed by atoms with van der Waals surface area (Å²) in [5.74, 6) is -1.26. The van der Waals surface area contributed by atoms with Gasteiger partial charge in [-0.3, -0.25) is 4.79 Å². The van der Waals surface area contributed by atoms with Crippen LogP contribution >= 0.6 is 34.8 Å². The maximum atomic E-state index is 13.7. The van der Waals surface area contributed by atoms with Gasteiger partial charge in [-0.2, -0.15) is 0 Å². The topological polar surface area (TPSA) is 41.6 Å². The summed E-state index contributed by atoms with van der Waals surface area (Å²) in [5.41, 5.74) is 1.22. The number of nitrogens with one attached hydrogen (secondary N) is 1. The molecule has 2 aromatic rings. The molecule has 0 radical (unpaired) electrons. The van der Waals surface area contributed by atoms with Crippen molar-refractivity contribution in [2.75, 3.05) is 36.5 Å². The molecule has 1 N–H and O–H groups in total. The second-order valence-electron chi connectivity index (χ2n) is 5.44. The molecule has 0 unspecified atom stereocenters. The number of halogens is 4. The Bertz CT molecular complexity index is 811. The third-order valence-corrected chi connectivity index (χ3v) is 4.72. The fraction of sp³-hybridized carbons (Fsp3) is 0.235. The van der Waals surface area contributed by atoms with Gasteiger partial charge in [0.2, 0.25) is 0 Å². The van der Waals surface area contributed by atoms with E-state index in [4.69, 9.17) is 39.5 Å². The number of carbonyl (C=O) groups excluding carboxylic acids is 1. The fourth-order valence-electron chi connectivity index (χ4n) is 2.61. The van der Waals surface area contributed by atoms with Gasteiger partial charge in [0, 0.05) is 13.1 Å². The van der Waals surface area contributed by atoms with E-state index >= 15 is 0 Å². The van der Waals surface area contributed by atoms with Crippen molar-refractivity contribution in [2.24, 2.45) is 0 Å². The third kappa shape index (κ3) is 4.01. The molecular formula is C17H14Cl3FN2O2. The summed E-state index contributed by atoms with van der Waals surface area (Å²) in [7, 11) is 0. The van der Waals surface area contributed by atoms with Gasteiger partial charge in [-0.05, 0) is 24.3 Å². The van der Waals surface area contributed by atoms with Crippen LogP contribution in [0.2, 0.25) is 15.1 Å². The molecule has 0 spiro atoms. The molecule has 1 amide bonds. The maximum absolute atomic E-state index is 13.7. The molecule has 0 atom stereocenters. The van der Waals surface area contributed by atoms with Crippen molar-refractivity contribution >= 4 is 52.1 Å². The zero-order chi connectivity index (χ0) is 18.0. The predicted octanol–water partition coefficient (Wildman–Crippen LogP) is 4.87. The molecular weight excluding hydrogens is 390 g/mol. The molecule has 8 heteroatoms. The van der Waals surface area contributed by atoms with Crippen LogP contribution < -0.4 is 10.2 Å². The lowest BCUT2D eigenvalue weighted by Crippen LogP contribution is -2.37. The van der Waals surface area contributed by atoms with Gasteiger partial charge in [0.05, 0.1) is 45.2 Å². The van der Waals surface area contributed by atoms with E-state index in [1.165, 1.54) is 6.07 Å². The molecule has 25 heavy (non-hydrogen) atoms. The van der Waals surface area contributed by atoms with E-state index in [1.807, 2.05) is 4.90 Å². The minimum absolute atomic E-state index is 0.00327. The van der Waals surface area contributed by atoms with Crippen LogP contribution in [0.3, 0.4) is 0 Å². The van der Waals surface area contributed by atoms with Gasteiger partial charge in [0.1, 0.15) is 5.82 Å². The number of rotatable bonds is 3. The van der Waals surface area contributed by atoms with E-state index in [0.717, 1.165) is 6.07 Å². The third-order valence-electron chi connectivity index (χ3n) is 3.82. The van der Waals surface area contributed by atoms with Crippen LogP contribution in [0.5, 0.6) is 0 Å². The molecule has 1 saturated heterocycles. The van der Waals surface area contributed by atoms with Crippen molar-refractivity contribution in [1.29, 1.82) is 0 Å². The second kappa shape index (κ2) is 7.79. The maximum Gasteiger partial charge on any atom is 0.257 e. The number of benzene rings is 2. The molecule has 3 rings (SSSR count). The van der Waals surface area contributed by atoms with Crippen molar-refractivity contribution in [3.05, 3.63) is 56.8 Å². The van der Waals surface area contributed by atoms with Gasteiger partial charge in [0.15, 0.2) is 0 Å². The zero-order valence-electron chi connectivity index (χ0n) is 13.0. The number of hydrogen-bond acceptors (Lipinski definition) is 3. The van der Waals surface area contributed by atoms with Gasteiger partial charge in [-0.25, -0.2) is 4.39 Å². The molecule has 132 valence electrons. The number of hydrogen-bond donors (Lipinski definition) is 1. The Morgan fingerprint density at radius 2 is 1.80 bits per heavy atom. The first-order chi connectivity index (χ1) is 12.0. The van der Waals surface area contributed by atoms with Crippen molar-refractivity contribution in [2.45, 2.75) is 0 Å². The van der Waals surface area contributed by atoms with E-state index in [0.29, 0.717) is 42.7 Å². The quantitative estimate of drug-likeness (QED) is 0.743. The number of nitrogens with zero attached hydrogens (tertiary/aromatic N) is 1. The zero-order valence-corrected chi connectivity index (χ0v) is 15.3. The van der Waals surface area contributed by atoms with Gasteiger partial charge < -0.3 is 15.0 Å². The standard InChI is InChI=1S/C17H14Cl3FN2O2/c18-11-2-1-3-15(16(11)23-4-6-25-7-5-23)22-17(24)10-8-14(21)13(20)9-12(10)19/h1-3,8-9H,4-7H2,(H,22,24). The average molecular weight is 404 g/mol. The van der Waals surface area contributed by atoms with E-state index in [1.54, 1.807) is 18.2 Å². The summed E-state index contributed by atoms with van der Waals surface area (Å²) in [6, 6.07) is 7.42. The molecule has 0 saturated carbocycles. The van der Waals surface area contributed by atoms with Crippen LogP contribution in [0.4, 0.5) is 15.8 Å². The normalized spacial score (nSPS) is 14.5. The molecule has 1 aliphatic rings. The Hall–Kier alpha value is -1.53. The van der Waals surface area contributed by atoms with Crippen LogP contribution in [0, 0.1) is 5.82 Å². The Labute approximate surface area is 159 Å². The molecule has 0 aliphatic carbocycles. The van der Waals surface area contributed by atoms with E-state index in [2.05, 4.69) is 5.32 Å². The molecule has 1 aliphatic heterocycles. The monoisotopic (exact) mass is 402 g/mol. The van der Waals surface area contributed by atoms with Gasteiger partial charge in [0.25, 0.3) is 5.91 Å². The molecule has 1 fully saturated rings. The molecule has 4 nitrogen and oxygen atoms in total. The van der Waals surface area contributed by atoms with Crippen LogP contribution in [-0.2, 0) is 4.74 Å². The first-order valence-corrected chi connectivity index (χ1v) is 8.68. The first kappa shape index (κ1) is 18.3. The van der Waals surface area contributed by atoms with Gasteiger partial charge in [-0.1, -0.05) is 40.9 Å². The lowest BCUT2D eigenvalue weighted by molar-refractivity contribution is 0.102. The summed E-state index contributed by atoms with van der Waals surface area (Å²) in [5, 5.41) is 3.19. The van der Waals surface area contributed by atoms with E-state index in [-0.39, 0.29) is 15.6 Å². The molecule has 0 bridgehead atoms. The molecule has 2 aromatic carbocycles. The minimum Gasteiger partial charge on any atom is -0.378 e. The highest BCUT2D eigenvalue weighted by molar-refractivity contribution is 6.37. The highest BCUT2D eigenvalue weighted by Crippen LogP contribution is 2.35. The number of para-hydroxylation sites is 1. The summed E-state index contributed by atoms with van der Waals surface area (Å²) in [6.45, 7) is 2.46. The number of carbonyl (C=O) groups is 1. The van der Waals surface area contributed by atoms with Crippen LogP contribution in [0.1, 0.15) is 10.4 Å². The van der Waals surface area contributed by atoms with Crippen molar-refractivity contribution in [3.63, 3.8) is 0 Å². The Morgan fingerprint density at radius 3 is 2.52 bits per heavy atom. The van der Waals surface area contributed by atoms with Crippen molar-refractivity contribution < 1.29 is 13.9 Å². The van der Waals surface area contributed by atoms with E-state index in [9.17, 15) is 9.18 Å². The highest BCUT2D eigenvalue weighted by atomic mass is 35.5. The largest absolute Gasteiger partial charge is 0.378 e. The average Bonchev–Trinajstić information content (AvgIpc) is 2.59. The summed E-state index contributed by atoms with van der Waals surface area (Å²) < 4.78 is 19.0. The number of morpholine rings is 1. The smallest absolute Gasteiger partial charge is 0.257 e. The Morgan fingerprint density at radius 1 is 1.08 bits per heavy atom. The number of amides is 1. The van der Waals surface area contributed by atoms with E-state index < -0.39 is 11.7 Å². The molecule has 0 aromatic heterocycles. The lowest BCUT2D eigenvalue weighted by atomic mass is 10.1. The van der Waals surface area contributed by atoms with Gasteiger partial charge >= 0.3 is 0 Å². The first-order valence-electron chi connectivity index (χ1n) is 7.54. The Kier molecular flexibility index (Phi) is 5.69. The lowest BCUT2D eigenvalue weighted by Gasteiger charge is -2.31.